The van der Waals surface area contributed by atoms with Crippen LogP contribution >= 0.6 is 23.0 Å². The number of rotatable bonds is 5. The van der Waals surface area contributed by atoms with Gasteiger partial charge < -0.3 is 0 Å². The minimum Gasteiger partial charge on any atom is -0.254 e. The Morgan fingerprint density at radius 1 is 0.676 bits per heavy atom. The average Bonchev–Trinajstić information content (AvgIpc) is 3.19. The van der Waals surface area contributed by atoms with E-state index in [-0.39, 0.29) is 0 Å². The zero-order valence-corrected chi connectivity index (χ0v) is 21.6. The van der Waals surface area contributed by atoms with Gasteiger partial charge in [0, 0.05) is 20.4 Å². The van der Waals surface area contributed by atoms with Crippen molar-refractivity contribution in [2.24, 2.45) is 4.74 Å². The summed E-state index contributed by atoms with van der Waals surface area (Å²) in [5, 5.41) is 8.64. The normalized spacial score (nSPS) is 12.8. The maximum atomic E-state index is 5.60. The summed E-state index contributed by atoms with van der Waals surface area (Å²) in [6.07, 6.45) is 0. The Morgan fingerprint density at radius 2 is 1.21 bits per heavy atom. The summed E-state index contributed by atoms with van der Waals surface area (Å²) in [7, 11) is -2.45. The van der Waals surface area contributed by atoms with E-state index in [2.05, 4.69) is 113 Å². The number of nitrogens with zero attached hydrogens (tertiary/aromatic N) is 3. The lowest BCUT2D eigenvalue weighted by molar-refractivity contribution is 0.834. The Labute approximate surface area is 209 Å². The molecular weight excluding hydrogens is 501 g/mol. The first kappa shape index (κ1) is 22.6. The van der Waals surface area contributed by atoms with Gasteiger partial charge in [-0.1, -0.05) is 94.8 Å². The Morgan fingerprint density at radius 3 is 1.82 bits per heavy atom. The van der Waals surface area contributed by atoms with Gasteiger partial charge in [0.2, 0.25) is 0 Å². The maximum absolute atomic E-state index is 5.60. The van der Waals surface area contributed by atoms with Crippen molar-refractivity contribution in [2.75, 3.05) is 0 Å². The predicted octanol–water partition coefficient (Wildman–Crippen LogP) is 7.06. The molecule has 1 atom stereocenters. The van der Waals surface area contributed by atoms with Crippen LogP contribution in [0.25, 0.3) is 5.69 Å². The molecule has 3 nitrogen and oxygen atoms in total. The van der Waals surface area contributed by atoms with Crippen LogP contribution in [0.2, 0.25) is 0 Å². The Kier molecular flexibility index (Phi) is 6.36. The van der Waals surface area contributed by atoms with Gasteiger partial charge in [0.15, 0.2) is 0 Å². The molecule has 0 spiro atoms. The van der Waals surface area contributed by atoms with Crippen molar-refractivity contribution >= 4 is 44.6 Å². The molecule has 0 amide bonds. The monoisotopic (exact) mass is 525 g/mol. The SMILES string of the molecule is Cc1nn(-c2ccccc2)c(C)c1[P@](=Nc1ccccc1)(c1ccccc1)c1ccc(Br)cc1. The van der Waals surface area contributed by atoms with Crippen molar-refractivity contribution < 1.29 is 0 Å². The fourth-order valence-electron chi connectivity index (χ4n) is 4.46. The molecular formula is C29H25BrN3P. The molecule has 168 valence electrons. The average molecular weight is 526 g/mol. The molecule has 5 aromatic rings. The number of halogens is 1. The quantitative estimate of drug-likeness (QED) is 0.226. The molecule has 0 saturated carbocycles. The topological polar surface area (TPSA) is 30.2 Å². The lowest BCUT2D eigenvalue weighted by Crippen LogP contribution is -2.28. The number of para-hydroxylation sites is 1. The van der Waals surface area contributed by atoms with Crippen LogP contribution in [0.5, 0.6) is 0 Å². The third kappa shape index (κ3) is 4.09. The number of hydrogen-bond donors (Lipinski definition) is 0. The van der Waals surface area contributed by atoms with Gasteiger partial charge in [-0.25, -0.2) is 4.68 Å². The first-order chi connectivity index (χ1) is 16.6. The highest BCUT2D eigenvalue weighted by Crippen LogP contribution is 2.51. The smallest absolute Gasteiger partial charge is 0.0698 e. The zero-order valence-electron chi connectivity index (χ0n) is 19.1. The molecule has 5 heteroatoms. The van der Waals surface area contributed by atoms with Crippen molar-refractivity contribution in [3.63, 3.8) is 0 Å². The van der Waals surface area contributed by atoms with Gasteiger partial charge in [0.05, 0.1) is 29.8 Å². The van der Waals surface area contributed by atoms with Crippen LogP contribution in [0.4, 0.5) is 5.69 Å². The van der Waals surface area contributed by atoms with Crippen molar-refractivity contribution in [2.45, 2.75) is 13.8 Å². The van der Waals surface area contributed by atoms with E-state index in [4.69, 9.17) is 9.84 Å². The van der Waals surface area contributed by atoms with Crippen LogP contribution in [0, 0.1) is 13.8 Å². The molecule has 0 aliphatic rings. The van der Waals surface area contributed by atoms with Gasteiger partial charge in [-0.15, -0.1) is 0 Å². The van der Waals surface area contributed by atoms with E-state index in [0.717, 1.165) is 27.2 Å². The molecule has 0 aliphatic heterocycles. The standard InChI is InChI=1S/C29H25BrN3P/c1-22-29(23(2)33(31-22)26-14-8-4-9-15-26)34(27-16-10-5-11-17-27,28-20-18-24(30)19-21-28)32-25-12-6-3-7-13-25/h3-21H,1-2H3/t34-/m0/s1. The molecule has 0 aliphatic carbocycles. The lowest BCUT2D eigenvalue weighted by Gasteiger charge is -2.27. The van der Waals surface area contributed by atoms with Crippen LogP contribution in [0.1, 0.15) is 11.4 Å². The van der Waals surface area contributed by atoms with E-state index in [1.807, 2.05) is 36.4 Å². The molecule has 0 saturated heterocycles. The molecule has 1 heterocycles. The Balaban J connectivity index is 1.93. The highest BCUT2D eigenvalue weighted by Gasteiger charge is 2.33. The zero-order chi connectivity index (χ0) is 23.5. The number of aryl methyl sites for hydroxylation is 1. The molecule has 34 heavy (non-hydrogen) atoms. The van der Waals surface area contributed by atoms with E-state index in [1.54, 1.807) is 0 Å². The van der Waals surface area contributed by atoms with Crippen molar-refractivity contribution in [1.82, 2.24) is 9.78 Å². The minimum atomic E-state index is -2.45. The summed E-state index contributed by atoms with van der Waals surface area (Å²) in [6.45, 7) is 4.28. The lowest BCUT2D eigenvalue weighted by atomic mass is 10.3. The largest absolute Gasteiger partial charge is 0.254 e. The molecule has 0 N–H and O–H groups in total. The first-order valence-electron chi connectivity index (χ1n) is 11.2. The van der Waals surface area contributed by atoms with Gasteiger partial charge in [-0.2, -0.15) is 5.10 Å². The van der Waals surface area contributed by atoms with E-state index in [1.165, 1.54) is 15.9 Å². The maximum Gasteiger partial charge on any atom is 0.0698 e. The summed E-state index contributed by atoms with van der Waals surface area (Å²) in [5.41, 5.74) is 4.13. The number of benzene rings is 4. The van der Waals surface area contributed by atoms with Gasteiger partial charge >= 0.3 is 0 Å². The van der Waals surface area contributed by atoms with Crippen LogP contribution in [-0.2, 0) is 0 Å². The third-order valence-corrected chi connectivity index (χ3v) is 10.4. The highest BCUT2D eigenvalue weighted by molar-refractivity contribution is 9.10. The van der Waals surface area contributed by atoms with Gasteiger partial charge in [0.25, 0.3) is 0 Å². The Bertz CT molecular complexity index is 1460. The van der Waals surface area contributed by atoms with E-state index in [0.29, 0.717) is 0 Å². The van der Waals surface area contributed by atoms with Crippen LogP contribution in [0.15, 0.2) is 124 Å². The second-order valence-electron chi connectivity index (χ2n) is 8.15. The van der Waals surface area contributed by atoms with Gasteiger partial charge in [-0.05, 0) is 50.2 Å². The van der Waals surface area contributed by atoms with Crippen molar-refractivity contribution in [3.8, 4) is 5.69 Å². The summed E-state index contributed by atoms with van der Waals surface area (Å²) >= 11 is 3.62. The van der Waals surface area contributed by atoms with Crippen molar-refractivity contribution in [3.05, 3.63) is 131 Å². The van der Waals surface area contributed by atoms with E-state index >= 15 is 0 Å². The Hall–Kier alpha value is -3.20. The first-order valence-corrected chi connectivity index (χ1v) is 13.7. The predicted molar refractivity (Wildman–Crippen MR) is 148 cm³/mol. The van der Waals surface area contributed by atoms with Crippen molar-refractivity contribution in [1.29, 1.82) is 0 Å². The van der Waals surface area contributed by atoms with E-state index in [9.17, 15) is 0 Å². The molecule has 0 bridgehead atoms. The summed E-state index contributed by atoms with van der Waals surface area (Å²) < 4.78 is 8.71. The summed E-state index contributed by atoms with van der Waals surface area (Å²) in [6, 6.07) is 40.0. The van der Waals surface area contributed by atoms with Gasteiger partial charge in [0.1, 0.15) is 0 Å². The second kappa shape index (κ2) is 9.58. The van der Waals surface area contributed by atoms with E-state index < -0.39 is 7.05 Å². The van der Waals surface area contributed by atoms with Crippen LogP contribution in [-0.4, -0.2) is 9.78 Å². The molecule has 0 unspecified atom stereocenters. The fourth-order valence-corrected chi connectivity index (χ4v) is 8.61. The molecule has 0 radical (unpaired) electrons. The van der Waals surface area contributed by atoms with Gasteiger partial charge in [-0.3, -0.25) is 4.74 Å². The number of aromatic nitrogens is 2. The second-order valence-corrected chi connectivity index (χ2v) is 12.0. The number of hydrogen-bond acceptors (Lipinski definition) is 2. The minimum absolute atomic E-state index is 0.967. The summed E-state index contributed by atoms with van der Waals surface area (Å²) in [4.78, 5) is 0. The van der Waals surface area contributed by atoms with Crippen LogP contribution < -0.4 is 15.9 Å². The summed E-state index contributed by atoms with van der Waals surface area (Å²) in [5.74, 6) is 0. The third-order valence-electron chi connectivity index (χ3n) is 5.93. The van der Waals surface area contributed by atoms with Crippen LogP contribution in [0.3, 0.4) is 0 Å². The molecule has 0 fully saturated rings. The molecule has 5 rings (SSSR count). The fraction of sp³-hybridized carbons (Fsp3) is 0.0690. The highest BCUT2D eigenvalue weighted by atomic mass is 79.9. The molecule has 4 aromatic carbocycles. The molecule has 1 aromatic heterocycles.